The minimum Gasteiger partial charge on any atom is -0.505 e. The van der Waals surface area contributed by atoms with Crippen LogP contribution in [0.5, 0.6) is 5.75 Å². The third-order valence-corrected chi connectivity index (χ3v) is 3.61. The van der Waals surface area contributed by atoms with Gasteiger partial charge in [-0.1, -0.05) is 24.3 Å². The van der Waals surface area contributed by atoms with E-state index in [2.05, 4.69) is 10.6 Å². The van der Waals surface area contributed by atoms with Crippen LogP contribution in [0.2, 0.25) is 0 Å². The van der Waals surface area contributed by atoms with Gasteiger partial charge in [0, 0.05) is 18.3 Å². The number of benzene rings is 2. The molecular weight excluding hydrogens is 271 g/mol. The Morgan fingerprint density at radius 2 is 2.00 bits per heavy atom. The number of halogens is 1. The number of phenols is 1. The Kier molecular flexibility index (Phi) is 3.58. The normalized spacial score (nSPS) is 17.1. The van der Waals surface area contributed by atoms with Crippen molar-refractivity contribution in [3.8, 4) is 5.75 Å². The third kappa shape index (κ3) is 2.87. The van der Waals surface area contributed by atoms with E-state index in [1.54, 1.807) is 0 Å². The summed E-state index contributed by atoms with van der Waals surface area (Å²) in [5.41, 5.74) is 2.67. The summed E-state index contributed by atoms with van der Waals surface area (Å²) in [6.45, 7) is 0.637. The molecule has 0 fully saturated rings. The molecule has 2 aromatic rings. The van der Waals surface area contributed by atoms with Crippen LogP contribution >= 0.6 is 0 Å². The van der Waals surface area contributed by atoms with Crippen molar-refractivity contribution in [1.82, 2.24) is 5.32 Å². The van der Waals surface area contributed by atoms with E-state index in [0.717, 1.165) is 11.6 Å². The van der Waals surface area contributed by atoms with Crippen molar-refractivity contribution in [2.45, 2.75) is 19.0 Å². The van der Waals surface area contributed by atoms with Gasteiger partial charge in [0.05, 0.1) is 6.04 Å². The van der Waals surface area contributed by atoms with Gasteiger partial charge in [0.1, 0.15) is 0 Å². The molecule has 1 aliphatic rings. The van der Waals surface area contributed by atoms with Crippen LogP contribution in [0, 0.1) is 5.82 Å². The molecule has 0 spiro atoms. The van der Waals surface area contributed by atoms with Crippen molar-refractivity contribution >= 4 is 11.6 Å². The molecule has 0 radical (unpaired) electrons. The number of hydrogen-bond donors (Lipinski definition) is 3. The van der Waals surface area contributed by atoms with E-state index in [1.165, 1.54) is 17.7 Å². The summed E-state index contributed by atoms with van der Waals surface area (Å²) in [5.74, 6) is -1.40. The lowest BCUT2D eigenvalue weighted by Gasteiger charge is -2.25. The molecule has 3 N–H and O–H groups in total. The first kappa shape index (κ1) is 13.6. The van der Waals surface area contributed by atoms with Gasteiger partial charge >= 0.3 is 0 Å². The molecule has 1 aliphatic heterocycles. The van der Waals surface area contributed by atoms with E-state index < -0.39 is 11.6 Å². The second-order valence-corrected chi connectivity index (χ2v) is 5.06. The smallest absolute Gasteiger partial charge is 0.241 e. The van der Waals surface area contributed by atoms with E-state index in [1.807, 2.05) is 24.3 Å². The van der Waals surface area contributed by atoms with Gasteiger partial charge in [-0.15, -0.1) is 0 Å². The zero-order valence-electron chi connectivity index (χ0n) is 11.3. The molecule has 4 nitrogen and oxygen atoms in total. The van der Waals surface area contributed by atoms with Crippen molar-refractivity contribution in [2.75, 3.05) is 5.32 Å². The van der Waals surface area contributed by atoms with E-state index in [9.17, 15) is 9.18 Å². The number of hydrogen-bond acceptors (Lipinski definition) is 3. The number of anilines is 1. The first-order valence-corrected chi connectivity index (χ1v) is 6.73. The molecule has 1 unspecified atom stereocenters. The zero-order valence-corrected chi connectivity index (χ0v) is 11.3. The van der Waals surface area contributed by atoms with Crippen LogP contribution in [0.25, 0.3) is 0 Å². The van der Waals surface area contributed by atoms with E-state index in [0.29, 0.717) is 18.7 Å². The summed E-state index contributed by atoms with van der Waals surface area (Å²) in [5, 5.41) is 15.0. The molecule has 108 valence electrons. The maximum absolute atomic E-state index is 13.3. The van der Waals surface area contributed by atoms with Gasteiger partial charge < -0.3 is 15.7 Å². The molecule has 0 bridgehead atoms. The highest BCUT2D eigenvalue weighted by molar-refractivity contribution is 5.95. The molecule has 5 heteroatoms. The number of nitrogens with one attached hydrogen (secondary N) is 2. The molecule has 0 saturated carbocycles. The Hall–Kier alpha value is -2.40. The van der Waals surface area contributed by atoms with Crippen molar-refractivity contribution in [1.29, 1.82) is 0 Å². The van der Waals surface area contributed by atoms with Gasteiger partial charge in [-0.05, 0) is 29.7 Å². The Morgan fingerprint density at radius 1 is 1.24 bits per heavy atom. The summed E-state index contributed by atoms with van der Waals surface area (Å²) < 4.78 is 13.3. The molecule has 3 rings (SSSR count). The van der Waals surface area contributed by atoms with Crippen LogP contribution in [-0.4, -0.2) is 17.1 Å². The first-order valence-electron chi connectivity index (χ1n) is 6.73. The number of phenolic OH excluding ortho intramolecular Hbond substituents is 1. The molecule has 1 amide bonds. The maximum Gasteiger partial charge on any atom is 0.241 e. The molecule has 0 aliphatic carbocycles. The van der Waals surface area contributed by atoms with Crippen molar-refractivity contribution < 1.29 is 14.3 Å². The largest absolute Gasteiger partial charge is 0.505 e. The lowest BCUT2D eigenvalue weighted by atomic mass is 9.95. The van der Waals surface area contributed by atoms with Crippen molar-refractivity contribution in [3.05, 3.63) is 59.4 Å². The fourth-order valence-electron chi connectivity index (χ4n) is 2.45. The number of carbonyl (C=O) groups excluding carboxylic acids is 1. The van der Waals surface area contributed by atoms with Crippen molar-refractivity contribution in [2.24, 2.45) is 0 Å². The SMILES string of the molecule is O=C(Nc1ccc(O)c(F)c1)C1Cc2ccccc2CN1. The van der Waals surface area contributed by atoms with Crippen LogP contribution in [0.3, 0.4) is 0 Å². The molecule has 0 saturated heterocycles. The number of rotatable bonds is 2. The molecule has 2 aromatic carbocycles. The summed E-state index contributed by atoms with van der Waals surface area (Å²) in [6.07, 6.45) is 0.600. The van der Waals surface area contributed by atoms with Gasteiger partial charge in [-0.2, -0.15) is 0 Å². The van der Waals surface area contributed by atoms with Gasteiger partial charge in [-0.25, -0.2) is 4.39 Å². The van der Waals surface area contributed by atoms with Gasteiger partial charge in [0.25, 0.3) is 0 Å². The van der Waals surface area contributed by atoms with Gasteiger partial charge in [-0.3, -0.25) is 4.79 Å². The topological polar surface area (TPSA) is 61.4 Å². The number of fused-ring (bicyclic) bond motifs is 1. The highest BCUT2D eigenvalue weighted by Crippen LogP contribution is 2.21. The minimum absolute atomic E-state index is 0.213. The van der Waals surface area contributed by atoms with Crippen molar-refractivity contribution in [3.63, 3.8) is 0 Å². The minimum atomic E-state index is -0.755. The molecule has 21 heavy (non-hydrogen) atoms. The predicted octanol–water partition coefficient (Wildman–Crippen LogP) is 2.18. The Balaban J connectivity index is 1.70. The summed E-state index contributed by atoms with van der Waals surface area (Å²) in [4.78, 5) is 12.2. The first-order chi connectivity index (χ1) is 10.1. The summed E-state index contributed by atoms with van der Waals surface area (Å²) in [6, 6.07) is 11.4. The van der Waals surface area contributed by atoms with E-state index in [-0.39, 0.29) is 11.9 Å². The monoisotopic (exact) mass is 286 g/mol. The average molecular weight is 286 g/mol. The summed E-state index contributed by atoms with van der Waals surface area (Å²) >= 11 is 0. The van der Waals surface area contributed by atoms with Crippen LogP contribution < -0.4 is 10.6 Å². The second kappa shape index (κ2) is 5.54. The Bertz CT molecular complexity index is 688. The highest BCUT2D eigenvalue weighted by Gasteiger charge is 2.23. The third-order valence-electron chi connectivity index (χ3n) is 3.61. The highest BCUT2D eigenvalue weighted by atomic mass is 19.1. The van der Waals surface area contributed by atoms with E-state index in [4.69, 9.17) is 5.11 Å². The lowest BCUT2D eigenvalue weighted by molar-refractivity contribution is -0.118. The maximum atomic E-state index is 13.3. The van der Waals surface area contributed by atoms with Crippen LogP contribution in [0.4, 0.5) is 10.1 Å². The standard InChI is InChI=1S/C16H15FN2O2/c17-13-8-12(5-6-15(13)20)19-16(21)14-7-10-3-1-2-4-11(10)9-18-14/h1-6,8,14,18,20H,7,9H2,(H,19,21). The molecule has 1 heterocycles. The fourth-order valence-corrected chi connectivity index (χ4v) is 2.45. The van der Waals surface area contributed by atoms with Crippen LogP contribution in [0.1, 0.15) is 11.1 Å². The fraction of sp³-hybridized carbons (Fsp3) is 0.188. The molecule has 1 atom stereocenters. The predicted molar refractivity (Wildman–Crippen MR) is 77.5 cm³/mol. The average Bonchev–Trinajstić information content (AvgIpc) is 2.50. The zero-order chi connectivity index (χ0) is 14.8. The summed E-state index contributed by atoms with van der Waals surface area (Å²) in [7, 11) is 0. The Labute approximate surface area is 121 Å². The molecular formula is C16H15FN2O2. The number of aromatic hydroxyl groups is 1. The number of amides is 1. The van der Waals surface area contributed by atoms with E-state index >= 15 is 0 Å². The van der Waals surface area contributed by atoms with Crippen LogP contribution in [0.15, 0.2) is 42.5 Å². The number of carbonyl (C=O) groups is 1. The second-order valence-electron chi connectivity index (χ2n) is 5.06. The van der Waals surface area contributed by atoms with Gasteiger partial charge in [0.2, 0.25) is 5.91 Å². The quantitative estimate of drug-likeness (QED) is 0.742. The Morgan fingerprint density at radius 3 is 2.76 bits per heavy atom. The van der Waals surface area contributed by atoms with Crippen LogP contribution in [-0.2, 0) is 17.8 Å². The van der Waals surface area contributed by atoms with Gasteiger partial charge in [0.15, 0.2) is 11.6 Å². The molecule has 0 aromatic heterocycles. The lowest BCUT2D eigenvalue weighted by Crippen LogP contribution is -2.44.